The number of nitrogens with zero attached hydrogens (tertiary/aromatic N) is 3. The molecule has 0 bridgehead atoms. The summed E-state index contributed by atoms with van der Waals surface area (Å²) in [5.74, 6) is 0.260. The summed E-state index contributed by atoms with van der Waals surface area (Å²) < 4.78 is 20.9. The fraction of sp³-hybridized carbons (Fsp3) is 0.154. The Labute approximate surface area is 194 Å². The van der Waals surface area contributed by atoms with Gasteiger partial charge < -0.3 is 9.73 Å². The standard InChI is InChI=1S/C26H22FN5O2/c1-14-12-19(16(3)28-22-11-7-5-9-18(22)26-29-31-32-30-26)25-20(13-14)23(33)15(2)24(34-25)17-8-4-6-10-21(17)27/h4-13,16,28H,1-3H3,(H,29,30,31,32)/t16-/m1/s1. The average Bonchev–Trinajstić information content (AvgIpc) is 3.37. The number of rotatable bonds is 5. The van der Waals surface area contributed by atoms with Gasteiger partial charge in [-0.1, -0.05) is 30.3 Å². The first-order valence-corrected chi connectivity index (χ1v) is 10.9. The average molecular weight is 455 g/mol. The van der Waals surface area contributed by atoms with Crippen molar-refractivity contribution >= 4 is 16.7 Å². The van der Waals surface area contributed by atoms with Crippen molar-refractivity contribution in [1.29, 1.82) is 0 Å². The Balaban J connectivity index is 1.66. The van der Waals surface area contributed by atoms with Gasteiger partial charge in [0.25, 0.3) is 0 Å². The molecule has 0 fully saturated rings. The number of anilines is 1. The number of hydrogen-bond acceptors (Lipinski definition) is 6. The lowest BCUT2D eigenvalue weighted by Gasteiger charge is -2.20. The molecule has 2 aromatic heterocycles. The Morgan fingerprint density at radius 1 is 1.03 bits per heavy atom. The lowest BCUT2D eigenvalue weighted by molar-refractivity contribution is 0.586. The Morgan fingerprint density at radius 3 is 2.50 bits per heavy atom. The quantitative estimate of drug-likeness (QED) is 0.360. The van der Waals surface area contributed by atoms with E-state index < -0.39 is 5.82 Å². The number of para-hydroxylation sites is 1. The van der Waals surface area contributed by atoms with Crippen LogP contribution in [-0.2, 0) is 0 Å². The fourth-order valence-corrected chi connectivity index (χ4v) is 4.18. The van der Waals surface area contributed by atoms with Crippen LogP contribution in [-0.4, -0.2) is 20.6 Å². The predicted octanol–water partition coefficient (Wildman–Crippen LogP) is 5.57. The summed E-state index contributed by atoms with van der Waals surface area (Å²) in [5, 5.41) is 18.2. The van der Waals surface area contributed by atoms with E-state index in [-0.39, 0.29) is 22.8 Å². The van der Waals surface area contributed by atoms with Crippen molar-refractivity contribution in [3.05, 3.63) is 93.4 Å². The van der Waals surface area contributed by atoms with E-state index in [0.29, 0.717) is 22.4 Å². The predicted molar refractivity (Wildman–Crippen MR) is 129 cm³/mol. The van der Waals surface area contributed by atoms with Crippen LogP contribution in [0.15, 0.2) is 69.9 Å². The molecule has 5 rings (SSSR count). The van der Waals surface area contributed by atoms with E-state index in [1.165, 1.54) is 6.07 Å². The molecule has 1 atom stereocenters. The Hall–Kier alpha value is -4.33. The van der Waals surface area contributed by atoms with Crippen molar-refractivity contribution in [3.63, 3.8) is 0 Å². The largest absolute Gasteiger partial charge is 0.455 e. The van der Waals surface area contributed by atoms with E-state index in [4.69, 9.17) is 4.42 Å². The highest BCUT2D eigenvalue weighted by atomic mass is 19.1. The Morgan fingerprint density at radius 2 is 1.76 bits per heavy atom. The van der Waals surface area contributed by atoms with Crippen LogP contribution in [0.25, 0.3) is 33.7 Å². The summed E-state index contributed by atoms with van der Waals surface area (Å²) in [4.78, 5) is 13.3. The number of tetrazole rings is 1. The number of hydrogen-bond donors (Lipinski definition) is 2. The number of halogens is 1. The SMILES string of the molecule is Cc1cc([C@@H](C)Nc2ccccc2-c2nn[nH]n2)c2oc(-c3ccccc3F)c(C)c(=O)c2c1. The molecule has 0 radical (unpaired) electrons. The van der Waals surface area contributed by atoms with E-state index in [9.17, 15) is 9.18 Å². The molecule has 0 saturated carbocycles. The van der Waals surface area contributed by atoms with Crippen LogP contribution in [0.1, 0.15) is 29.7 Å². The number of fused-ring (bicyclic) bond motifs is 1. The highest BCUT2D eigenvalue weighted by Gasteiger charge is 2.21. The summed E-state index contributed by atoms with van der Waals surface area (Å²) in [5.41, 5.74) is 4.17. The van der Waals surface area contributed by atoms with Crippen LogP contribution < -0.4 is 10.7 Å². The third-order valence-electron chi connectivity index (χ3n) is 5.86. The number of aromatic nitrogens is 4. The topological polar surface area (TPSA) is 96.7 Å². The molecule has 170 valence electrons. The van der Waals surface area contributed by atoms with Crippen molar-refractivity contribution in [2.24, 2.45) is 0 Å². The van der Waals surface area contributed by atoms with Crippen molar-refractivity contribution in [2.75, 3.05) is 5.32 Å². The normalized spacial score (nSPS) is 12.1. The van der Waals surface area contributed by atoms with Crippen molar-refractivity contribution in [3.8, 4) is 22.7 Å². The molecular weight excluding hydrogens is 433 g/mol. The van der Waals surface area contributed by atoms with Crippen molar-refractivity contribution in [1.82, 2.24) is 20.6 Å². The minimum absolute atomic E-state index is 0.177. The minimum Gasteiger partial charge on any atom is -0.455 e. The van der Waals surface area contributed by atoms with E-state index in [0.717, 1.165) is 22.4 Å². The van der Waals surface area contributed by atoms with Gasteiger partial charge in [-0.15, -0.1) is 10.2 Å². The van der Waals surface area contributed by atoms with Gasteiger partial charge in [-0.05, 0) is 61.9 Å². The van der Waals surface area contributed by atoms with Gasteiger partial charge in [0.15, 0.2) is 5.43 Å². The molecule has 0 aliphatic heterocycles. The maximum atomic E-state index is 14.6. The number of nitrogens with one attached hydrogen (secondary N) is 2. The highest BCUT2D eigenvalue weighted by molar-refractivity contribution is 5.85. The second-order valence-corrected chi connectivity index (χ2v) is 8.24. The van der Waals surface area contributed by atoms with Gasteiger partial charge in [0.05, 0.1) is 17.0 Å². The molecule has 2 heterocycles. The number of aryl methyl sites for hydroxylation is 1. The van der Waals surface area contributed by atoms with Crippen molar-refractivity contribution < 1.29 is 8.81 Å². The number of benzene rings is 3. The van der Waals surface area contributed by atoms with E-state index in [1.54, 1.807) is 25.1 Å². The van der Waals surface area contributed by atoms with Gasteiger partial charge in [-0.2, -0.15) is 5.21 Å². The minimum atomic E-state index is -0.443. The fourth-order valence-electron chi connectivity index (χ4n) is 4.18. The molecule has 3 aromatic carbocycles. The van der Waals surface area contributed by atoms with Gasteiger partial charge in [-0.3, -0.25) is 4.79 Å². The molecule has 5 aromatic rings. The zero-order chi connectivity index (χ0) is 23.8. The lowest BCUT2D eigenvalue weighted by Crippen LogP contribution is -2.13. The first kappa shape index (κ1) is 21.5. The van der Waals surface area contributed by atoms with Crippen LogP contribution in [0.5, 0.6) is 0 Å². The molecule has 0 spiro atoms. The first-order chi connectivity index (χ1) is 16.4. The van der Waals surface area contributed by atoms with Crippen LogP contribution >= 0.6 is 0 Å². The molecule has 0 aliphatic rings. The van der Waals surface area contributed by atoms with Crippen molar-refractivity contribution in [2.45, 2.75) is 26.8 Å². The van der Waals surface area contributed by atoms with Gasteiger partial charge in [0.1, 0.15) is 17.2 Å². The third kappa shape index (κ3) is 3.73. The van der Waals surface area contributed by atoms with Crippen LogP contribution in [0.2, 0.25) is 0 Å². The van der Waals surface area contributed by atoms with Crippen LogP contribution in [0.4, 0.5) is 10.1 Å². The maximum Gasteiger partial charge on any atom is 0.206 e. The van der Waals surface area contributed by atoms with Crippen LogP contribution in [0.3, 0.4) is 0 Å². The Bertz CT molecular complexity index is 1560. The highest BCUT2D eigenvalue weighted by Crippen LogP contribution is 2.34. The summed E-state index contributed by atoms with van der Waals surface area (Å²) in [6.07, 6.45) is 0. The van der Waals surface area contributed by atoms with Gasteiger partial charge in [0, 0.05) is 22.4 Å². The smallest absolute Gasteiger partial charge is 0.206 e. The molecule has 7 nitrogen and oxygen atoms in total. The summed E-state index contributed by atoms with van der Waals surface area (Å²) in [6.45, 7) is 5.57. The monoisotopic (exact) mass is 455 g/mol. The molecule has 0 saturated heterocycles. The molecule has 34 heavy (non-hydrogen) atoms. The second-order valence-electron chi connectivity index (χ2n) is 8.24. The molecular formula is C26H22FN5O2. The maximum absolute atomic E-state index is 14.6. The zero-order valence-electron chi connectivity index (χ0n) is 18.9. The van der Waals surface area contributed by atoms with E-state index in [1.807, 2.05) is 50.2 Å². The zero-order valence-corrected chi connectivity index (χ0v) is 18.9. The molecule has 0 unspecified atom stereocenters. The first-order valence-electron chi connectivity index (χ1n) is 10.9. The lowest BCUT2D eigenvalue weighted by atomic mass is 9.98. The summed E-state index contributed by atoms with van der Waals surface area (Å²) in [7, 11) is 0. The summed E-state index contributed by atoms with van der Waals surface area (Å²) in [6, 6.07) is 17.4. The van der Waals surface area contributed by atoms with Crippen LogP contribution in [0, 0.1) is 19.7 Å². The Kier molecular flexibility index (Phi) is 5.41. The second kappa shape index (κ2) is 8.55. The van der Waals surface area contributed by atoms with Gasteiger partial charge in [0.2, 0.25) is 5.82 Å². The molecule has 8 heteroatoms. The van der Waals surface area contributed by atoms with Gasteiger partial charge >= 0.3 is 0 Å². The summed E-state index contributed by atoms with van der Waals surface area (Å²) >= 11 is 0. The molecule has 0 aliphatic carbocycles. The molecule has 2 N–H and O–H groups in total. The van der Waals surface area contributed by atoms with Gasteiger partial charge in [-0.25, -0.2) is 4.39 Å². The van der Waals surface area contributed by atoms with E-state index >= 15 is 0 Å². The number of aromatic amines is 1. The van der Waals surface area contributed by atoms with E-state index in [2.05, 4.69) is 25.9 Å². The number of H-pyrrole nitrogens is 1. The molecule has 0 amide bonds. The third-order valence-corrected chi connectivity index (χ3v) is 5.86.